The third-order valence-electron chi connectivity index (χ3n) is 7.01. The zero-order valence-electron chi connectivity index (χ0n) is 25.0. The summed E-state index contributed by atoms with van der Waals surface area (Å²) in [5.41, 5.74) is 1.11. The van der Waals surface area contributed by atoms with Crippen molar-refractivity contribution in [2.24, 2.45) is 0 Å². The van der Waals surface area contributed by atoms with Gasteiger partial charge >= 0.3 is 6.09 Å². The number of ether oxygens (including phenoxy) is 2. The topological polar surface area (TPSA) is 114 Å². The predicted molar refractivity (Wildman–Crippen MR) is 164 cm³/mol. The van der Waals surface area contributed by atoms with Crippen molar-refractivity contribution in [3.8, 4) is 5.75 Å². The highest BCUT2D eigenvalue weighted by Gasteiger charge is 2.35. The number of aliphatic hydroxyl groups is 1. The Morgan fingerprint density at radius 1 is 0.930 bits per heavy atom. The van der Waals surface area contributed by atoms with Gasteiger partial charge in [-0.2, -0.15) is 0 Å². The lowest BCUT2D eigenvalue weighted by Gasteiger charge is -2.31. The van der Waals surface area contributed by atoms with E-state index in [-0.39, 0.29) is 17.4 Å². The maximum absolute atomic E-state index is 13.9. The van der Waals surface area contributed by atoms with Gasteiger partial charge < -0.3 is 19.9 Å². The average molecular weight is 611 g/mol. The number of hydrogen-bond acceptors (Lipinski definition) is 7. The number of amides is 1. The number of rotatable bonds is 13. The van der Waals surface area contributed by atoms with Crippen LogP contribution in [0, 0.1) is 0 Å². The monoisotopic (exact) mass is 610 g/mol. The van der Waals surface area contributed by atoms with E-state index in [1.165, 1.54) is 12.1 Å². The second-order valence-electron chi connectivity index (χ2n) is 11.8. The number of benzene rings is 3. The molecule has 2 atom stereocenters. The predicted octanol–water partition coefficient (Wildman–Crippen LogP) is 5.63. The third kappa shape index (κ3) is 10.1. The minimum absolute atomic E-state index is 0.00414. The second-order valence-corrected chi connectivity index (χ2v) is 13.6. The molecule has 3 aromatic carbocycles. The number of hydrogen-bond donors (Lipinski definition) is 2. The maximum Gasteiger partial charge on any atom is 0.407 e. The summed E-state index contributed by atoms with van der Waals surface area (Å²) in [5, 5.41) is 14.2. The first kappa shape index (κ1) is 32.5. The number of hydroxylamine groups is 1. The van der Waals surface area contributed by atoms with Gasteiger partial charge in [-0.25, -0.2) is 13.2 Å². The molecule has 0 aromatic heterocycles. The molecule has 1 aliphatic carbocycles. The van der Waals surface area contributed by atoms with Crippen molar-refractivity contribution in [3.63, 3.8) is 0 Å². The highest BCUT2D eigenvalue weighted by Crippen LogP contribution is 2.27. The van der Waals surface area contributed by atoms with Crippen LogP contribution in [0.1, 0.15) is 57.6 Å². The Morgan fingerprint density at radius 2 is 1.51 bits per heavy atom. The molecule has 1 amide bonds. The van der Waals surface area contributed by atoms with Crippen LogP contribution in [-0.2, 0) is 32.6 Å². The molecule has 0 saturated heterocycles. The summed E-state index contributed by atoms with van der Waals surface area (Å²) in [6.07, 6.45) is 1.27. The number of nitrogens with zero attached hydrogens (tertiary/aromatic N) is 1. The number of nitrogens with one attached hydrogen (secondary N) is 1. The van der Waals surface area contributed by atoms with E-state index < -0.39 is 40.4 Å². The van der Waals surface area contributed by atoms with Crippen LogP contribution in [0.4, 0.5) is 4.79 Å². The second kappa shape index (κ2) is 14.8. The SMILES string of the molecule is CC(C)(C)OC(=O)N[C@@H](Cc1ccccc1)[C@@H](O)CN(OC1CCCC1)S(=O)(=O)c1ccc(OCc2ccccc2)cc1. The molecule has 0 radical (unpaired) electrons. The minimum Gasteiger partial charge on any atom is -0.489 e. The lowest BCUT2D eigenvalue weighted by atomic mass is 10.0. The molecule has 1 saturated carbocycles. The van der Waals surface area contributed by atoms with Gasteiger partial charge in [-0.3, -0.25) is 4.84 Å². The minimum atomic E-state index is -4.18. The number of aliphatic hydroxyl groups excluding tert-OH is 1. The summed E-state index contributed by atoms with van der Waals surface area (Å²) < 4.78 is 39.9. The van der Waals surface area contributed by atoms with Gasteiger partial charge in [0.15, 0.2) is 0 Å². The van der Waals surface area contributed by atoms with E-state index in [4.69, 9.17) is 14.3 Å². The van der Waals surface area contributed by atoms with Gasteiger partial charge in [-0.05, 0) is 75.4 Å². The van der Waals surface area contributed by atoms with E-state index in [0.717, 1.165) is 41.3 Å². The van der Waals surface area contributed by atoms with Crippen molar-refractivity contribution in [1.82, 2.24) is 9.79 Å². The molecule has 0 unspecified atom stereocenters. The standard InChI is InChI=1S/C33H42N2O7S/c1-33(2,3)41-32(37)34-30(22-25-12-6-4-7-13-25)31(36)23-35(42-28-16-10-11-17-28)43(38,39)29-20-18-27(19-21-29)40-24-26-14-8-5-9-15-26/h4-9,12-15,18-21,28,30-31,36H,10-11,16-17,22-24H2,1-3H3,(H,34,37)/t30-,31-/m0/s1. The molecule has 1 fully saturated rings. The van der Waals surface area contributed by atoms with Crippen LogP contribution in [0.5, 0.6) is 5.75 Å². The Balaban J connectivity index is 1.53. The van der Waals surface area contributed by atoms with E-state index in [1.807, 2.05) is 60.7 Å². The molecule has 0 bridgehead atoms. The molecule has 2 N–H and O–H groups in total. The van der Waals surface area contributed by atoms with E-state index in [0.29, 0.717) is 12.4 Å². The summed E-state index contributed by atoms with van der Waals surface area (Å²) in [4.78, 5) is 18.7. The fraction of sp³-hybridized carbons (Fsp3) is 0.424. The van der Waals surface area contributed by atoms with Crippen LogP contribution in [0.2, 0.25) is 0 Å². The van der Waals surface area contributed by atoms with Crippen molar-refractivity contribution in [3.05, 3.63) is 96.1 Å². The Kier molecular flexibility index (Phi) is 11.2. The Morgan fingerprint density at radius 3 is 2.09 bits per heavy atom. The Bertz CT molecular complexity index is 1390. The van der Waals surface area contributed by atoms with Crippen molar-refractivity contribution in [1.29, 1.82) is 0 Å². The summed E-state index contributed by atoms with van der Waals surface area (Å²) in [6, 6.07) is 24.3. The van der Waals surface area contributed by atoms with Crippen molar-refractivity contribution < 1.29 is 32.6 Å². The van der Waals surface area contributed by atoms with Gasteiger partial charge in [0.2, 0.25) is 0 Å². The van der Waals surface area contributed by atoms with Gasteiger partial charge in [-0.15, -0.1) is 0 Å². The fourth-order valence-corrected chi connectivity index (χ4v) is 6.11. The molecular formula is C33H42N2O7S. The largest absolute Gasteiger partial charge is 0.489 e. The van der Waals surface area contributed by atoms with Crippen LogP contribution in [0.3, 0.4) is 0 Å². The highest BCUT2D eigenvalue weighted by atomic mass is 32.2. The first-order chi connectivity index (χ1) is 20.5. The normalized spacial score (nSPS) is 15.7. The first-order valence-electron chi connectivity index (χ1n) is 14.7. The molecule has 1 aliphatic rings. The Hall–Kier alpha value is -3.44. The van der Waals surface area contributed by atoms with E-state index in [2.05, 4.69) is 5.32 Å². The molecule has 4 rings (SSSR count). The molecule has 0 aliphatic heterocycles. The van der Waals surface area contributed by atoms with Crippen LogP contribution < -0.4 is 10.1 Å². The lowest BCUT2D eigenvalue weighted by molar-refractivity contribution is -0.145. The fourth-order valence-electron chi connectivity index (χ4n) is 4.81. The number of alkyl carbamates (subject to hydrolysis) is 1. The van der Waals surface area contributed by atoms with Gasteiger partial charge in [-0.1, -0.05) is 78.0 Å². The quantitative estimate of drug-likeness (QED) is 0.241. The van der Waals surface area contributed by atoms with Gasteiger partial charge in [0.25, 0.3) is 10.0 Å². The zero-order valence-corrected chi connectivity index (χ0v) is 25.8. The molecule has 0 spiro atoms. The molecule has 10 heteroatoms. The van der Waals surface area contributed by atoms with Gasteiger partial charge in [0.1, 0.15) is 18.0 Å². The molecule has 9 nitrogen and oxygen atoms in total. The smallest absolute Gasteiger partial charge is 0.407 e. The van der Waals surface area contributed by atoms with Crippen molar-refractivity contribution in [2.45, 2.75) is 88.2 Å². The van der Waals surface area contributed by atoms with E-state index >= 15 is 0 Å². The summed E-state index contributed by atoms with van der Waals surface area (Å²) in [7, 11) is -4.18. The lowest BCUT2D eigenvalue weighted by Crippen LogP contribution is -2.51. The number of carbonyl (C=O) groups is 1. The molecule has 43 heavy (non-hydrogen) atoms. The van der Waals surface area contributed by atoms with Crippen LogP contribution in [-0.4, -0.2) is 54.5 Å². The van der Waals surface area contributed by atoms with E-state index in [1.54, 1.807) is 32.9 Å². The molecular weight excluding hydrogens is 568 g/mol. The summed E-state index contributed by atoms with van der Waals surface area (Å²) >= 11 is 0. The highest BCUT2D eigenvalue weighted by molar-refractivity contribution is 7.89. The number of sulfonamides is 1. The van der Waals surface area contributed by atoms with Gasteiger partial charge in [0, 0.05) is 0 Å². The van der Waals surface area contributed by atoms with Crippen molar-refractivity contribution >= 4 is 16.1 Å². The summed E-state index contributed by atoms with van der Waals surface area (Å²) in [6.45, 7) is 5.20. The van der Waals surface area contributed by atoms with Crippen LogP contribution >= 0.6 is 0 Å². The molecule has 0 heterocycles. The third-order valence-corrected chi connectivity index (χ3v) is 8.65. The number of carbonyl (C=O) groups excluding carboxylic acids is 1. The molecule has 3 aromatic rings. The van der Waals surface area contributed by atoms with Crippen LogP contribution in [0.25, 0.3) is 0 Å². The Labute approximate surface area is 254 Å². The van der Waals surface area contributed by atoms with Crippen molar-refractivity contribution in [2.75, 3.05) is 6.54 Å². The molecule has 232 valence electrons. The van der Waals surface area contributed by atoms with Crippen LogP contribution in [0.15, 0.2) is 89.8 Å². The zero-order chi connectivity index (χ0) is 30.9. The maximum atomic E-state index is 13.9. The van der Waals surface area contributed by atoms with E-state index in [9.17, 15) is 18.3 Å². The average Bonchev–Trinajstić information content (AvgIpc) is 3.49. The van der Waals surface area contributed by atoms with Gasteiger partial charge in [0.05, 0.1) is 29.7 Å². The first-order valence-corrected chi connectivity index (χ1v) is 16.1. The summed E-state index contributed by atoms with van der Waals surface area (Å²) in [5.74, 6) is 0.524.